The highest BCUT2D eigenvalue weighted by atomic mass is 16.4. The molecule has 0 spiro atoms. The van der Waals surface area contributed by atoms with Crippen molar-refractivity contribution in [2.24, 2.45) is 0 Å². The monoisotopic (exact) mass is 318 g/mol. The maximum atomic E-state index is 12.1. The average molecular weight is 318 g/mol. The summed E-state index contributed by atoms with van der Waals surface area (Å²) in [5.74, 6) is -4.86. The summed E-state index contributed by atoms with van der Waals surface area (Å²) < 4.78 is 5.30. The third-order valence-electron chi connectivity index (χ3n) is 3.33. The minimum atomic E-state index is -1.04. The normalized spacial score (nSPS) is 11.0. The molecule has 3 rings (SSSR count). The Morgan fingerprint density at radius 2 is 1.39 bits per heavy atom. The summed E-state index contributed by atoms with van der Waals surface area (Å²) in [6.45, 7) is 0. The number of aromatic hydroxyl groups is 6. The number of phenols is 6. The van der Waals surface area contributed by atoms with Crippen molar-refractivity contribution in [3.63, 3.8) is 0 Å². The number of benzene rings is 2. The fraction of sp³-hybridized carbons (Fsp3) is 0. The maximum Gasteiger partial charge on any atom is 0.208 e. The summed E-state index contributed by atoms with van der Waals surface area (Å²) in [5.41, 5.74) is -1.13. The van der Waals surface area contributed by atoms with Crippen LogP contribution in [0.4, 0.5) is 0 Å². The van der Waals surface area contributed by atoms with E-state index < -0.39 is 45.1 Å². The van der Waals surface area contributed by atoms with Gasteiger partial charge in [-0.2, -0.15) is 0 Å². The Balaban J connectivity index is 2.38. The van der Waals surface area contributed by atoms with Gasteiger partial charge in [0.2, 0.25) is 17.2 Å². The molecule has 0 amide bonds. The van der Waals surface area contributed by atoms with Gasteiger partial charge in [-0.1, -0.05) is 0 Å². The van der Waals surface area contributed by atoms with E-state index >= 15 is 0 Å². The quantitative estimate of drug-likeness (QED) is 0.293. The molecule has 0 atom stereocenters. The Bertz CT molecular complexity index is 1000. The largest absolute Gasteiger partial charge is 0.504 e. The second-order valence-electron chi connectivity index (χ2n) is 4.78. The molecule has 6 N–H and O–H groups in total. The summed E-state index contributed by atoms with van der Waals surface area (Å²) in [4.78, 5) is 12.1. The van der Waals surface area contributed by atoms with Gasteiger partial charge in [0.15, 0.2) is 28.3 Å². The zero-order valence-electron chi connectivity index (χ0n) is 11.3. The van der Waals surface area contributed by atoms with E-state index in [0.717, 1.165) is 12.1 Å². The zero-order chi connectivity index (χ0) is 16.9. The highest BCUT2D eigenvalue weighted by Gasteiger charge is 2.23. The Morgan fingerprint density at radius 1 is 0.739 bits per heavy atom. The summed E-state index contributed by atoms with van der Waals surface area (Å²) in [6, 6.07) is 4.59. The molecule has 0 fully saturated rings. The molecular weight excluding hydrogens is 308 g/mol. The molecule has 1 aromatic heterocycles. The van der Waals surface area contributed by atoms with Crippen molar-refractivity contribution in [3.8, 4) is 45.8 Å². The van der Waals surface area contributed by atoms with E-state index in [-0.39, 0.29) is 17.1 Å². The first-order chi connectivity index (χ1) is 10.8. The van der Waals surface area contributed by atoms with Gasteiger partial charge in [-0.3, -0.25) is 4.79 Å². The van der Waals surface area contributed by atoms with Crippen molar-refractivity contribution in [1.29, 1.82) is 0 Å². The summed E-state index contributed by atoms with van der Waals surface area (Å²) in [5, 5.41) is 56.8. The van der Waals surface area contributed by atoms with Crippen LogP contribution in [0.1, 0.15) is 0 Å². The molecule has 0 aliphatic carbocycles. The van der Waals surface area contributed by atoms with Crippen molar-refractivity contribution in [2.75, 3.05) is 0 Å². The second kappa shape index (κ2) is 4.73. The molecule has 8 nitrogen and oxygen atoms in total. The molecule has 0 bridgehead atoms. The van der Waals surface area contributed by atoms with Gasteiger partial charge in [0, 0.05) is 11.6 Å². The van der Waals surface area contributed by atoms with Gasteiger partial charge in [-0.05, 0) is 18.2 Å². The fourth-order valence-electron chi connectivity index (χ4n) is 2.15. The number of hydrogen-bond acceptors (Lipinski definition) is 8. The van der Waals surface area contributed by atoms with Crippen LogP contribution in [0.25, 0.3) is 22.3 Å². The summed E-state index contributed by atoms with van der Waals surface area (Å²) in [6.07, 6.45) is 0. The average Bonchev–Trinajstić information content (AvgIpc) is 2.52. The Kier molecular flexibility index (Phi) is 2.96. The third-order valence-corrected chi connectivity index (χ3v) is 3.33. The van der Waals surface area contributed by atoms with Crippen LogP contribution in [0.5, 0.6) is 34.5 Å². The van der Waals surface area contributed by atoms with Crippen LogP contribution in [0.15, 0.2) is 33.5 Å². The molecule has 0 radical (unpaired) electrons. The van der Waals surface area contributed by atoms with Crippen molar-refractivity contribution in [2.45, 2.75) is 0 Å². The highest BCUT2D eigenvalue weighted by Crippen LogP contribution is 2.48. The Labute approximate surface area is 127 Å². The molecule has 2 aromatic carbocycles. The summed E-state index contributed by atoms with van der Waals surface area (Å²) >= 11 is 0. The lowest BCUT2D eigenvalue weighted by Gasteiger charge is -2.09. The number of fused-ring (bicyclic) bond motifs is 1. The Hall–Kier alpha value is -3.55. The van der Waals surface area contributed by atoms with Gasteiger partial charge in [0.1, 0.15) is 11.1 Å². The highest BCUT2D eigenvalue weighted by molar-refractivity contribution is 5.94. The number of rotatable bonds is 1. The molecule has 23 heavy (non-hydrogen) atoms. The molecule has 0 saturated carbocycles. The van der Waals surface area contributed by atoms with Crippen LogP contribution in [0.3, 0.4) is 0 Å². The first-order valence-electron chi connectivity index (χ1n) is 6.27. The van der Waals surface area contributed by atoms with E-state index in [4.69, 9.17) is 4.42 Å². The van der Waals surface area contributed by atoms with Crippen LogP contribution >= 0.6 is 0 Å². The van der Waals surface area contributed by atoms with E-state index in [1.54, 1.807) is 0 Å². The molecular formula is C15H10O8. The topological polar surface area (TPSA) is 152 Å². The van der Waals surface area contributed by atoms with Gasteiger partial charge in [0.25, 0.3) is 0 Å². The summed E-state index contributed by atoms with van der Waals surface area (Å²) in [7, 11) is 0. The molecule has 0 unspecified atom stereocenters. The number of hydrogen-bond donors (Lipinski definition) is 6. The van der Waals surface area contributed by atoms with Gasteiger partial charge >= 0.3 is 0 Å². The van der Waals surface area contributed by atoms with Crippen molar-refractivity contribution < 1.29 is 35.1 Å². The van der Waals surface area contributed by atoms with Crippen LogP contribution in [-0.4, -0.2) is 30.6 Å². The fourth-order valence-corrected chi connectivity index (χ4v) is 2.15. The minimum Gasteiger partial charge on any atom is -0.504 e. The van der Waals surface area contributed by atoms with Crippen molar-refractivity contribution in [1.82, 2.24) is 0 Å². The first kappa shape index (κ1) is 14.4. The zero-order valence-corrected chi connectivity index (χ0v) is 11.3. The van der Waals surface area contributed by atoms with Crippen LogP contribution in [-0.2, 0) is 0 Å². The van der Waals surface area contributed by atoms with Gasteiger partial charge in [-0.15, -0.1) is 0 Å². The van der Waals surface area contributed by atoms with E-state index in [0.29, 0.717) is 0 Å². The Morgan fingerprint density at radius 3 is 2.04 bits per heavy atom. The molecule has 1 heterocycles. The lowest BCUT2D eigenvalue weighted by atomic mass is 10.1. The van der Waals surface area contributed by atoms with Crippen molar-refractivity contribution in [3.05, 3.63) is 34.5 Å². The van der Waals surface area contributed by atoms with E-state index in [2.05, 4.69) is 0 Å². The van der Waals surface area contributed by atoms with Crippen molar-refractivity contribution >= 4 is 11.0 Å². The third kappa shape index (κ3) is 2.04. The van der Waals surface area contributed by atoms with E-state index in [9.17, 15) is 35.4 Å². The van der Waals surface area contributed by atoms with Gasteiger partial charge in [0.05, 0.1) is 0 Å². The van der Waals surface area contributed by atoms with E-state index in [1.165, 1.54) is 12.1 Å². The SMILES string of the molecule is O=c1cc(-c2ccc(O)c(O)c2)oc2c(O)c(O)c(O)c(O)c12. The van der Waals surface area contributed by atoms with Gasteiger partial charge < -0.3 is 35.1 Å². The molecule has 118 valence electrons. The van der Waals surface area contributed by atoms with Crippen LogP contribution in [0, 0.1) is 0 Å². The molecule has 8 heteroatoms. The minimum absolute atomic E-state index is 0.0995. The standard InChI is InChI=1S/C15H10O8/c16-6-2-1-5(3-7(6)17)9-4-8(18)10-11(19)12(20)13(21)14(22)15(10)23-9/h1-4,16-17,19-22H. The number of phenolic OH excluding ortho intramolecular Hbond substituents is 6. The molecule has 3 aromatic rings. The lowest BCUT2D eigenvalue weighted by molar-refractivity contribution is 0.347. The second-order valence-corrected chi connectivity index (χ2v) is 4.78. The first-order valence-corrected chi connectivity index (χ1v) is 6.27. The smallest absolute Gasteiger partial charge is 0.208 e. The maximum absolute atomic E-state index is 12.1. The lowest BCUT2D eigenvalue weighted by Crippen LogP contribution is -2.01. The predicted molar refractivity (Wildman–Crippen MR) is 77.9 cm³/mol. The van der Waals surface area contributed by atoms with Gasteiger partial charge in [-0.25, -0.2) is 0 Å². The molecule has 0 saturated heterocycles. The predicted octanol–water partition coefficient (Wildman–Crippen LogP) is 1.69. The molecule has 0 aliphatic heterocycles. The van der Waals surface area contributed by atoms with Crippen LogP contribution in [0.2, 0.25) is 0 Å². The van der Waals surface area contributed by atoms with Crippen LogP contribution < -0.4 is 5.43 Å². The molecule has 0 aliphatic rings. The van der Waals surface area contributed by atoms with E-state index in [1.807, 2.05) is 0 Å².